The fourth-order valence-electron chi connectivity index (χ4n) is 1.54. The molecule has 1 aromatic carbocycles. The summed E-state index contributed by atoms with van der Waals surface area (Å²) in [5, 5.41) is 0. The van der Waals surface area contributed by atoms with Gasteiger partial charge in [0.15, 0.2) is 0 Å². The molecule has 0 fully saturated rings. The largest absolute Gasteiger partial charge is 0.418 e. The number of alkyl halides is 6. The van der Waals surface area contributed by atoms with Crippen molar-refractivity contribution in [1.29, 1.82) is 0 Å². The summed E-state index contributed by atoms with van der Waals surface area (Å²) >= 11 is 0. The van der Waals surface area contributed by atoms with Gasteiger partial charge in [0.2, 0.25) is 0 Å². The van der Waals surface area contributed by atoms with Gasteiger partial charge in [-0.15, -0.1) is 0 Å². The lowest BCUT2D eigenvalue weighted by Crippen LogP contribution is -2.21. The van der Waals surface area contributed by atoms with Gasteiger partial charge in [-0.05, 0) is 18.6 Å². The topological polar surface area (TPSA) is 34.1 Å². The molecular formula is C9H5ClF6O2S. The Kier molecular flexibility index (Phi) is 3.85. The number of benzene rings is 1. The van der Waals surface area contributed by atoms with E-state index in [4.69, 9.17) is 10.7 Å². The van der Waals surface area contributed by atoms with E-state index >= 15 is 0 Å². The minimum absolute atomic E-state index is 0.399. The first-order valence-corrected chi connectivity index (χ1v) is 6.80. The molecule has 19 heavy (non-hydrogen) atoms. The number of hydrogen-bond acceptors (Lipinski definition) is 2. The Morgan fingerprint density at radius 1 is 0.947 bits per heavy atom. The summed E-state index contributed by atoms with van der Waals surface area (Å²) < 4.78 is 98.2. The third kappa shape index (κ3) is 3.33. The lowest BCUT2D eigenvalue weighted by Gasteiger charge is -2.19. The molecule has 0 saturated carbocycles. The Bertz CT molecular complexity index is 602. The Morgan fingerprint density at radius 3 is 1.68 bits per heavy atom. The molecule has 0 unspecified atom stereocenters. The van der Waals surface area contributed by atoms with Gasteiger partial charge >= 0.3 is 12.4 Å². The van der Waals surface area contributed by atoms with E-state index in [0.717, 1.165) is 6.92 Å². The number of aryl methyl sites for hydroxylation is 1. The third-order valence-corrected chi connectivity index (χ3v) is 3.57. The Hall–Kier alpha value is -0.960. The zero-order valence-electron chi connectivity index (χ0n) is 9.03. The van der Waals surface area contributed by atoms with Gasteiger partial charge in [0.25, 0.3) is 9.05 Å². The van der Waals surface area contributed by atoms with Crippen molar-refractivity contribution in [3.63, 3.8) is 0 Å². The van der Waals surface area contributed by atoms with E-state index in [9.17, 15) is 34.8 Å². The van der Waals surface area contributed by atoms with E-state index in [1.165, 1.54) is 0 Å². The highest BCUT2D eigenvalue weighted by molar-refractivity contribution is 8.13. The van der Waals surface area contributed by atoms with Gasteiger partial charge in [-0.1, -0.05) is 6.07 Å². The van der Waals surface area contributed by atoms with Crippen molar-refractivity contribution in [3.8, 4) is 0 Å². The smallest absolute Gasteiger partial charge is 0.207 e. The quantitative estimate of drug-likeness (QED) is 0.578. The highest BCUT2D eigenvalue weighted by Gasteiger charge is 2.47. The first-order chi connectivity index (χ1) is 8.26. The van der Waals surface area contributed by atoms with Crippen molar-refractivity contribution in [3.05, 3.63) is 28.8 Å². The summed E-state index contributed by atoms with van der Waals surface area (Å²) in [5.41, 5.74) is -5.10. The van der Waals surface area contributed by atoms with Crippen molar-refractivity contribution in [2.24, 2.45) is 0 Å². The van der Waals surface area contributed by atoms with E-state index in [-0.39, 0.29) is 0 Å². The third-order valence-electron chi connectivity index (χ3n) is 2.21. The summed E-state index contributed by atoms with van der Waals surface area (Å²) in [4.78, 5) is -1.61. The summed E-state index contributed by atoms with van der Waals surface area (Å²) in [6.07, 6.45) is -10.9. The molecule has 1 rings (SSSR count). The second kappa shape index (κ2) is 4.55. The summed E-state index contributed by atoms with van der Waals surface area (Å²) in [6.45, 7) is 0.794. The fourth-order valence-corrected chi connectivity index (χ4v) is 2.62. The molecule has 0 saturated heterocycles. The Morgan fingerprint density at radius 2 is 1.37 bits per heavy atom. The Balaban J connectivity index is 3.93. The van der Waals surface area contributed by atoms with E-state index in [2.05, 4.69) is 0 Å². The molecule has 0 aliphatic rings. The molecule has 10 heteroatoms. The maximum atomic E-state index is 12.7. The van der Waals surface area contributed by atoms with Gasteiger partial charge in [0.05, 0.1) is 16.0 Å². The molecule has 0 bridgehead atoms. The summed E-state index contributed by atoms with van der Waals surface area (Å²) in [7, 11) is -0.215. The average molecular weight is 327 g/mol. The van der Waals surface area contributed by atoms with Crippen LogP contribution in [-0.2, 0) is 21.4 Å². The molecule has 0 N–H and O–H groups in total. The molecule has 0 spiro atoms. The predicted molar refractivity (Wildman–Crippen MR) is 54.2 cm³/mol. The molecular weight excluding hydrogens is 322 g/mol. The van der Waals surface area contributed by atoms with Crippen LogP contribution in [0.25, 0.3) is 0 Å². The Labute approximate surface area is 108 Å². The van der Waals surface area contributed by atoms with Crippen LogP contribution < -0.4 is 0 Å². The van der Waals surface area contributed by atoms with E-state index in [1.807, 2.05) is 0 Å². The number of hydrogen-bond donors (Lipinski definition) is 0. The molecule has 0 heterocycles. The zero-order valence-corrected chi connectivity index (χ0v) is 10.6. The SMILES string of the molecule is Cc1ccc(S(=O)(=O)Cl)c(C(F)(F)F)c1C(F)(F)F. The molecule has 0 amide bonds. The van der Waals surface area contributed by atoms with Crippen molar-refractivity contribution in [2.45, 2.75) is 24.2 Å². The van der Waals surface area contributed by atoms with Gasteiger partial charge in [-0.2, -0.15) is 26.3 Å². The van der Waals surface area contributed by atoms with Crippen molar-refractivity contribution >= 4 is 19.7 Å². The molecule has 0 radical (unpaired) electrons. The van der Waals surface area contributed by atoms with Gasteiger partial charge in [0, 0.05) is 10.7 Å². The standard InChI is InChI=1S/C9H5ClF6O2S/c1-4-2-3-5(19(10,17)18)7(9(14,15)16)6(4)8(11,12)13/h2-3H,1H3. The van der Waals surface area contributed by atoms with E-state index in [1.54, 1.807) is 0 Å². The van der Waals surface area contributed by atoms with Crippen LogP contribution in [-0.4, -0.2) is 8.42 Å². The fraction of sp³-hybridized carbons (Fsp3) is 0.333. The van der Waals surface area contributed by atoms with Gasteiger partial charge in [-0.25, -0.2) is 8.42 Å². The normalized spacial score (nSPS) is 13.7. The second-order valence-electron chi connectivity index (χ2n) is 3.56. The molecule has 0 aliphatic heterocycles. The van der Waals surface area contributed by atoms with Crippen LogP contribution in [0.4, 0.5) is 26.3 Å². The molecule has 0 aliphatic carbocycles. The average Bonchev–Trinajstić information content (AvgIpc) is 2.11. The van der Waals surface area contributed by atoms with Crippen molar-refractivity contribution < 1.29 is 34.8 Å². The van der Waals surface area contributed by atoms with E-state index in [0.29, 0.717) is 12.1 Å². The number of halogens is 7. The van der Waals surface area contributed by atoms with Crippen LogP contribution in [0.5, 0.6) is 0 Å². The van der Waals surface area contributed by atoms with Gasteiger partial charge in [-0.3, -0.25) is 0 Å². The molecule has 0 aromatic heterocycles. The van der Waals surface area contributed by atoms with Crippen LogP contribution in [0.3, 0.4) is 0 Å². The number of rotatable bonds is 1. The predicted octanol–water partition coefficient (Wildman–Crippen LogP) is 3.96. The van der Waals surface area contributed by atoms with Crippen molar-refractivity contribution in [2.75, 3.05) is 0 Å². The molecule has 1 aromatic rings. The molecule has 2 nitrogen and oxygen atoms in total. The summed E-state index contributed by atoms with van der Waals surface area (Å²) in [5.74, 6) is 0. The van der Waals surface area contributed by atoms with Gasteiger partial charge in [0.1, 0.15) is 0 Å². The minimum atomic E-state index is -5.51. The second-order valence-corrected chi connectivity index (χ2v) is 6.10. The monoisotopic (exact) mass is 326 g/mol. The van der Waals surface area contributed by atoms with Crippen molar-refractivity contribution in [1.82, 2.24) is 0 Å². The zero-order chi connectivity index (χ0) is 15.2. The highest BCUT2D eigenvalue weighted by Crippen LogP contribution is 2.45. The van der Waals surface area contributed by atoms with Crippen LogP contribution in [0.15, 0.2) is 17.0 Å². The van der Waals surface area contributed by atoms with E-state index < -0.39 is 43.0 Å². The van der Waals surface area contributed by atoms with Crippen LogP contribution in [0.2, 0.25) is 0 Å². The van der Waals surface area contributed by atoms with Crippen LogP contribution >= 0.6 is 10.7 Å². The maximum absolute atomic E-state index is 12.7. The summed E-state index contributed by atoms with van der Waals surface area (Å²) in [6, 6.07) is 1.02. The van der Waals surface area contributed by atoms with Crippen LogP contribution in [0.1, 0.15) is 16.7 Å². The lowest BCUT2D eigenvalue weighted by molar-refractivity contribution is -0.164. The molecule has 0 atom stereocenters. The first kappa shape index (κ1) is 16.1. The molecule has 108 valence electrons. The van der Waals surface area contributed by atoms with Gasteiger partial charge < -0.3 is 0 Å². The maximum Gasteiger partial charge on any atom is 0.418 e. The minimum Gasteiger partial charge on any atom is -0.207 e. The first-order valence-electron chi connectivity index (χ1n) is 4.49. The van der Waals surface area contributed by atoms with Crippen LogP contribution in [0, 0.1) is 6.92 Å². The highest BCUT2D eigenvalue weighted by atomic mass is 35.7. The lowest BCUT2D eigenvalue weighted by atomic mass is 10.0.